The highest BCUT2D eigenvalue weighted by atomic mass is 16.5. The zero-order valence-electron chi connectivity index (χ0n) is 15.8. The van der Waals surface area contributed by atoms with E-state index >= 15 is 0 Å². The average molecular weight is 373 g/mol. The minimum Gasteiger partial charge on any atom is -0.497 e. The molecule has 7 heteroatoms. The van der Waals surface area contributed by atoms with Crippen molar-refractivity contribution in [1.82, 2.24) is 15.5 Å². The zero-order chi connectivity index (χ0) is 19.3. The molecule has 1 aromatic carbocycles. The van der Waals surface area contributed by atoms with Gasteiger partial charge in [0.2, 0.25) is 5.91 Å². The van der Waals surface area contributed by atoms with Crippen LogP contribution in [0.15, 0.2) is 24.3 Å². The first kappa shape index (κ1) is 19.2. The van der Waals surface area contributed by atoms with Crippen molar-refractivity contribution in [1.29, 1.82) is 0 Å². The number of hydrogen-bond acceptors (Lipinski definition) is 4. The molecule has 27 heavy (non-hydrogen) atoms. The molecule has 1 spiro atoms. The number of carbonyl (C=O) groups is 3. The molecule has 146 valence electrons. The van der Waals surface area contributed by atoms with Crippen molar-refractivity contribution in [3.8, 4) is 5.75 Å². The van der Waals surface area contributed by atoms with E-state index in [2.05, 4.69) is 10.6 Å². The van der Waals surface area contributed by atoms with Gasteiger partial charge >= 0.3 is 6.03 Å². The van der Waals surface area contributed by atoms with Gasteiger partial charge in [-0.15, -0.1) is 0 Å². The molecule has 0 atom stereocenters. The number of nitrogens with one attached hydrogen (secondary N) is 2. The Balaban J connectivity index is 1.42. The average Bonchev–Trinajstić information content (AvgIpc) is 2.90. The number of aryl methyl sites for hydroxylation is 1. The number of nitrogens with zero attached hydrogens (tertiary/aromatic N) is 1. The molecule has 2 N–H and O–H groups in total. The number of imide groups is 1. The molecular weight excluding hydrogens is 346 g/mol. The van der Waals surface area contributed by atoms with Crippen molar-refractivity contribution in [3.05, 3.63) is 29.8 Å². The number of amides is 4. The fourth-order valence-corrected chi connectivity index (χ4v) is 3.83. The van der Waals surface area contributed by atoms with Gasteiger partial charge in [-0.25, -0.2) is 4.79 Å². The molecule has 2 fully saturated rings. The molecule has 1 saturated heterocycles. The number of carbonyl (C=O) groups excluding carboxylic acids is 3. The molecule has 1 aliphatic carbocycles. The number of ether oxygens (including phenoxy) is 1. The van der Waals surface area contributed by atoms with E-state index in [1.54, 1.807) is 7.11 Å². The lowest BCUT2D eigenvalue weighted by molar-refractivity contribution is -0.135. The largest absolute Gasteiger partial charge is 0.497 e. The fraction of sp³-hybridized carbons (Fsp3) is 0.550. The summed E-state index contributed by atoms with van der Waals surface area (Å²) >= 11 is 0. The molecule has 0 radical (unpaired) electrons. The number of benzene rings is 1. The van der Waals surface area contributed by atoms with Crippen LogP contribution in [0, 0.1) is 0 Å². The SMILES string of the molecule is COc1ccc(CCCNC(=O)CN2C(=O)NC3(CCCCC3)C2=O)cc1. The van der Waals surface area contributed by atoms with Crippen LogP contribution in [-0.4, -0.2) is 48.5 Å². The summed E-state index contributed by atoms with van der Waals surface area (Å²) in [5.41, 5.74) is 0.391. The number of rotatable bonds is 7. The second-order valence-electron chi connectivity index (χ2n) is 7.27. The van der Waals surface area contributed by atoms with Crippen LogP contribution in [-0.2, 0) is 16.0 Å². The van der Waals surface area contributed by atoms with Gasteiger partial charge in [-0.05, 0) is 43.4 Å². The first-order chi connectivity index (χ1) is 13.0. The molecular formula is C20H27N3O4. The molecule has 1 aromatic rings. The normalized spacial score (nSPS) is 18.5. The Morgan fingerprint density at radius 3 is 2.56 bits per heavy atom. The topological polar surface area (TPSA) is 87.7 Å². The van der Waals surface area contributed by atoms with Gasteiger partial charge in [-0.2, -0.15) is 0 Å². The Hall–Kier alpha value is -2.57. The minimum atomic E-state index is -0.774. The van der Waals surface area contributed by atoms with Crippen molar-refractivity contribution in [2.45, 2.75) is 50.5 Å². The van der Waals surface area contributed by atoms with Gasteiger partial charge in [-0.3, -0.25) is 14.5 Å². The predicted octanol–water partition coefficient (Wildman–Crippen LogP) is 2.00. The van der Waals surface area contributed by atoms with E-state index in [-0.39, 0.29) is 18.4 Å². The maximum absolute atomic E-state index is 12.6. The van der Waals surface area contributed by atoms with Gasteiger partial charge in [0.15, 0.2) is 0 Å². The highest BCUT2D eigenvalue weighted by Crippen LogP contribution is 2.33. The molecule has 0 bridgehead atoms. The summed E-state index contributed by atoms with van der Waals surface area (Å²) in [6.45, 7) is 0.286. The second-order valence-corrected chi connectivity index (χ2v) is 7.27. The lowest BCUT2D eigenvalue weighted by atomic mass is 9.82. The maximum Gasteiger partial charge on any atom is 0.325 e. The molecule has 3 rings (SSSR count). The summed E-state index contributed by atoms with van der Waals surface area (Å²) < 4.78 is 5.13. The lowest BCUT2D eigenvalue weighted by Crippen LogP contribution is -2.49. The Morgan fingerprint density at radius 1 is 1.19 bits per heavy atom. The Bertz CT molecular complexity index is 696. The molecule has 4 amide bonds. The number of hydrogen-bond donors (Lipinski definition) is 2. The first-order valence-electron chi connectivity index (χ1n) is 9.58. The molecule has 0 aromatic heterocycles. The summed E-state index contributed by atoms with van der Waals surface area (Å²) in [4.78, 5) is 38.0. The summed E-state index contributed by atoms with van der Waals surface area (Å²) in [6, 6.07) is 7.36. The number of urea groups is 1. The van der Waals surface area contributed by atoms with Gasteiger partial charge in [-0.1, -0.05) is 31.4 Å². The summed E-state index contributed by atoms with van der Waals surface area (Å²) in [5.74, 6) is 0.262. The van der Waals surface area contributed by atoms with Crippen LogP contribution in [0.2, 0.25) is 0 Å². The van der Waals surface area contributed by atoms with Gasteiger partial charge in [0.05, 0.1) is 7.11 Å². The monoisotopic (exact) mass is 373 g/mol. The van der Waals surface area contributed by atoms with Gasteiger partial charge in [0, 0.05) is 6.54 Å². The number of methoxy groups -OCH3 is 1. The van der Waals surface area contributed by atoms with Gasteiger partial charge < -0.3 is 15.4 Å². The van der Waals surface area contributed by atoms with Crippen molar-refractivity contribution in [2.24, 2.45) is 0 Å². The van der Waals surface area contributed by atoms with Crippen LogP contribution in [0.4, 0.5) is 4.79 Å². The maximum atomic E-state index is 12.6. The first-order valence-corrected chi connectivity index (χ1v) is 9.58. The standard InChI is InChI=1S/C20H27N3O4/c1-27-16-9-7-15(8-10-16)6-5-13-21-17(24)14-23-18(25)20(22-19(23)26)11-3-2-4-12-20/h7-10H,2-6,11-14H2,1H3,(H,21,24)(H,22,26). The highest BCUT2D eigenvalue weighted by molar-refractivity contribution is 6.09. The van der Waals surface area contributed by atoms with Crippen molar-refractivity contribution in [3.63, 3.8) is 0 Å². The Kier molecular flexibility index (Phi) is 5.98. The van der Waals surface area contributed by atoms with Gasteiger partial charge in [0.1, 0.15) is 17.8 Å². The van der Waals surface area contributed by atoms with E-state index in [9.17, 15) is 14.4 Å². The molecule has 0 unspecified atom stereocenters. The quantitative estimate of drug-likeness (QED) is 0.565. The van der Waals surface area contributed by atoms with Crippen LogP contribution in [0.3, 0.4) is 0 Å². The minimum absolute atomic E-state index is 0.213. The van der Waals surface area contributed by atoms with Crippen LogP contribution in [0.25, 0.3) is 0 Å². The van der Waals surface area contributed by atoms with Crippen LogP contribution in [0.5, 0.6) is 5.75 Å². The third kappa shape index (κ3) is 4.40. The Labute approximate surface area is 159 Å². The van der Waals surface area contributed by atoms with Crippen molar-refractivity contribution >= 4 is 17.8 Å². The van der Waals surface area contributed by atoms with Crippen LogP contribution >= 0.6 is 0 Å². The van der Waals surface area contributed by atoms with E-state index in [0.29, 0.717) is 19.4 Å². The Morgan fingerprint density at radius 2 is 1.89 bits per heavy atom. The molecule has 2 aliphatic rings. The fourth-order valence-electron chi connectivity index (χ4n) is 3.83. The van der Waals surface area contributed by atoms with E-state index in [1.165, 1.54) is 5.56 Å². The zero-order valence-corrected chi connectivity index (χ0v) is 15.8. The molecule has 1 aliphatic heterocycles. The van der Waals surface area contributed by atoms with Crippen LogP contribution < -0.4 is 15.4 Å². The lowest BCUT2D eigenvalue weighted by Gasteiger charge is -2.30. The van der Waals surface area contributed by atoms with Crippen molar-refractivity contribution < 1.29 is 19.1 Å². The third-order valence-electron chi connectivity index (χ3n) is 5.38. The van der Waals surface area contributed by atoms with Gasteiger partial charge in [0.25, 0.3) is 5.91 Å². The van der Waals surface area contributed by atoms with E-state index < -0.39 is 11.6 Å². The van der Waals surface area contributed by atoms with E-state index in [1.807, 2.05) is 24.3 Å². The smallest absolute Gasteiger partial charge is 0.325 e. The molecule has 1 heterocycles. The summed E-state index contributed by atoms with van der Waals surface area (Å²) in [7, 11) is 1.63. The van der Waals surface area contributed by atoms with Crippen LogP contribution in [0.1, 0.15) is 44.1 Å². The highest BCUT2D eigenvalue weighted by Gasteiger charge is 2.51. The molecule has 7 nitrogen and oxygen atoms in total. The van der Waals surface area contributed by atoms with E-state index in [4.69, 9.17) is 4.74 Å². The van der Waals surface area contributed by atoms with E-state index in [0.717, 1.165) is 42.8 Å². The summed E-state index contributed by atoms with van der Waals surface area (Å²) in [6.07, 6.45) is 5.88. The predicted molar refractivity (Wildman–Crippen MR) is 100 cm³/mol. The second kappa shape index (κ2) is 8.41. The third-order valence-corrected chi connectivity index (χ3v) is 5.38. The molecule has 1 saturated carbocycles. The van der Waals surface area contributed by atoms with Crippen molar-refractivity contribution in [2.75, 3.05) is 20.2 Å². The summed E-state index contributed by atoms with van der Waals surface area (Å²) in [5, 5.41) is 5.62.